The van der Waals surface area contributed by atoms with E-state index in [2.05, 4.69) is 5.32 Å². The van der Waals surface area contributed by atoms with Gasteiger partial charge in [0.05, 0.1) is 0 Å². The quantitative estimate of drug-likeness (QED) is 0.877. The summed E-state index contributed by atoms with van der Waals surface area (Å²) >= 11 is 6.05. The van der Waals surface area contributed by atoms with Crippen molar-refractivity contribution in [3.05, 3.63) is 34.3 Å². The Kier molecular flexibility index (Phi) is 2.44. The van der Waals surface area contributed by atoms with Gasteiger partial charge in [-0.05, 0) is 48.8 Å². The van der Waals surface area contributed by atoms with E-state index in [9.17, 15) is 4.79 Å². The van der Waals surface area contributed by atoms with Crippen LogP contribution in [0.2, 0.25) is 5.02 Å². The third-order valence-electron chi connectivity index (χ3n) is 4.23. The number of halogens is 1. The predicted molar refractivity (Wildman–Crippen MR) is 67.8 cm³/mol. The van der Waals surface area contributed by atoms with E-state index in [1.165, 1.54) is 12.8 Å². The molecule has 0 radical (unpaired) electrons. The molecule has 2 saturated carbocycles. The number of amides is 1. The summed E-state index contributed by atoms with van der Waals surface area (Å²) in [5.41, 5.74) is 2.61. The first-order valence-electron chi connectivity index (χ1n) is 6.14. The molecule has 3 rings (SSSR count). The smallest absolute Gasteiger partial charge is 0.223 e. The Morgan fingerprint density at radius 1 is 1.53 bits per heavy atom. The van der Waals surface area contributed by atoms with Gasteiger partial charge in [-0.15, -0.1) is 0 Å². The zero-order chi connectivity index (χ0) is 12.0. The fourth-order valence-corrected chi connectivity index (χ4v) is 2.77. The van der Waals surface area contributed by atoms with Gasteiger partial charge in [-0.1, -0.05) is 23.7 Å². The van der Waals surface area contributed by atoms with Crippen molar-refractivity contribution in [3.63, 3.8) is 0 Å². The van der Waals surface area contributed by atoms with Crippen LogP contribution in [0.1, 0.15) is 30.4 Å². The first-order chi connectivity index (χ1) is 8.12. The molecule has 0 bridgehead atoms. The van der Waals surface area contributed by atoms with Gasteiger partial charge >= 0.3 is 0 Å². The second kappa shape index (κ2) is 3.74. The van der Waals surface area contributed by atoms with E-state index in [-0.39, 0.29) is 5.91 Å². The molecule has 2 nitrogen and oxygen atoms in total. The standard InChI is InChI=1S/C14H16ClNO/c1-9-10(3-2-4-12(9)15)8-16-13(17)11-7-14(11)5-6-14/h2-4,11H,5-8H2,1H3,(H,16,17)/t11-/m1/s1. The summed E-state index contributed by atoms with van der Waals surface area (Å²) in [4.78, 5) is 11.9. The Labute approximate surface area is 106 Å². The van der Waals surface area contributed by atoms with E-state index in [1.807, 2.05) is 25.1 Å². The van der Waals surface area contributed by atoms with E-state index in [1.54, 1.807) is 0 Å². The fourth-order valence-electron chi connectivity index (χ4n) is 2.58. The van der Waals surface area contributed by atoms with Crippen LogP contribution < -0.4 is 5.32 Å². The molecule has 0 aromatic heterocycles. The Morgan fingerprint density at radius 3 is 2.94 bits per heavy atom. The molecular formula is C14H16ClNO. The molecule has 0 heterocycles. The third-order valence-corrected chi connectivity index (χ3v) is 4.64. The first-order valence-corrected chi connectivity index (χ1v) is 6.52. The summed E-state index contributed by atoms with van der Waals surface area (Å²) in [6.45, 7) is 2.58. The zero-order valence-corrected chi connectivity index (χ0v) is 10.7. The van der Waals surface area contributed by atoms with Crippen molar-refractivity contribution >= 4 is 17.5 Å². The maximum atomic E-state index is 11.9. The van der Waals surface area contributed by atoms with E-state index in [4.69, 9.17) is 11.6 Å². The average Bonchev–Trinajstić information content (AvgIpc) is 3.22. The summed E-state index contributed by atoms with van der Waals surface area (Å²) in [6, 6.07) is 5.82. The van der Waals surface area contributed by atoms with E-state index < -0.39 is 0 Å². The number of nitrogens with one attached hydrogen (secondary N) is 1. The number of hydrogen-bond acceptors (Lipinski definition) is 1. The molecule has 0 aliphatic heterocycles. The molecule has 1 aromatic rings. The second-order valence-corrected chi connectivity index (χ2v) is 5.77. The summed E-state index contributed by atoms with van der Waals surface area (Å²) in [5, 5.41) is 3.79. The van der Waals surface area contributed by atoms with Gasteiger partial charge in [-0.2, -0.15) is 0 Å². The number of carbonyl (C=O) groups is 1. The molecule has 0 saturated heterocycles. The largest absolute Gasteiger partial charge is 0.352 e. The van der Waals surface area contributed by atoms with Crippen LogP contribution >= 0.6 is 11.6 Å². The average molecular weight is 250 g/mol. The van der Waals surface area contributed by atoms with E-state index in [0.29, 0.717) is 17.9 Å². The van der Waals surface area contributed by atoms with Crippen LogP contribution in [0, 0.1) is 18.3 Å². The topological polar surface area (TPSA) is 29.1 Å². The molecular weight excluding hydrogens is 234 g/mol. The third kappa shape index (κ3) is 1.95. The summed E-state index contributed by atoms with van der Waals surface area (Å²) < 4.78 is 0. The van der Waals surface area contributed by atoms with Gasteiger partial charge in [0, 0.05) is 17.5 Å². The fraction of sp³-hybridized carbons (Fsp3) is 0.500. The minimum absolute atomic E-state index is 0.224. The number of benzene rings is 1. The van der Waals surface area contributed by atoms with Crippen molar-refractivity contribution in [1.82, 2.24) is 5.32 Å². The molecule has 1 amide bonds. The highest BCUT2D eigenvalue weighted by Crippen LogP contribution is 2.70. The summed E-state index contributed by atoms with van der Waals surface area (Å²) in [7, 11) is 0. The first kappa shape index (κ1) is 11.1. The Bertz CT molecular complexity index is 479. The summed E-state index contributed by atoms with van der Waals surface area (Å²) in [5.74, 6) is 0.517. The molecule has 1 spiro atoms. The van der Waals surface area contributed by atoms with Crippen LogP contribution in [-0.2, 0) is 11.3 Å². The maximum absolute atomic E-state index is 11.9. The van der Waals surface area contributed by atoms with Crippen LogP contribution in [0.25, 0.3) is 0 Å². The number of carbonyl (C=O) groups excluding carboxylic acids is 1. The zero-order valence-electron chi connectivity index (χ0n) is 9.92. The van der Waals surface area contributed by atoms with E-state index >= 15 is 0 Å². The minimum atomic E-state index is 0.224. The van der Waals surface area contributed by atoms with Crippen LogP contribution in [0.3, 0.4) is 0 Å². The molecule has 0 unspecified atom stereocenters. The van der Waals surface area contributed by atoms with Crippen molar-refractivity contribution in [1.29, 1.82) is 0 Å². The highest BCUT2D eigenvalue weighted by atomic mass is 35.5. The van der Waals surface area contributed by atoms with Gasteiger partial charge < -0.3 is 5.32 Å². The van der Waals surface area contributed by atoms with Crippen LogP contribution in [0.15, 0.2) is 18.2 Å². The lowest BCUT2D eigenvalue weighted by atomic mass is 10.1. The van der Waals surface area contributed by atoms with Gasteiger partial charge in [0.25, 0.3) is 0 Å². The van der Waals surface area contributed by atoms with Gasteiger partial charge in [-0.25, -0.2) is 0 Å². The van der Waals surface area contributed by atoms with E-state index in [0.717, 1.165) is 22.6 Å². The molecule has 17 heavy (non-hydrogen) atoms. The molecule has 1 aromatic carbocycles. The van der Waals surface area contributed by atoms with Crippen LogP contribution in [0.4, 0.5) is 0 Å². The normalized spacial score (nSPS) is 23.5. The molecule has 1 N–H and O–H groups in total. The lowest BCUT2D eigenvalue weighted by Crippen LogP contribution is -2.25. The van der Waals surface area contributed by atoms with Crippen LogP contribution in [-0.4, -0.2) is 5.91 Å². The second-order valence-electron chi connectivity index (χ2n) is 5.36. The van der Waals surface area contributed by atoms with Crippen molar-refractivity contribution in [2.45, 2.75) is 32.7 Å². The molecule has 90 valence electrons. The Balaban J connectivity index is 1.60. The molecule has 2 fully saturated rings. The SMILES string of the molecule is Cc1c(Cl)cccc1CNC(=O)[C@H]1CC12CC2. The van der Waals surface area contributed by atoms with Gasteiger partial charge in [0.2, 0.25) is 5.91 Å². The van der Waals surface area contributed by atoms with Gasteiger partial charge in [0.1, 0.15) is 0 Å². The van der Waals surface area contributed by atoms with Gasteiger partial charge in [-0.3, -0.25) is 4.79 Å². The highest BCUT2D eigenvalue weighted by Gasteiger charge is 2.65. The van der Waals surface area contributed by atoms with Crippen molar-refractivity contribution < 1.29 is 4.79 Å². The van der Waals surface area contributed by atoms with Crippen molar-refractivity contribution in [3.8, 4) is 0 Å². The maximum Gasteiger partial charge on any atom is 0.223 e. The van der Waals surface area contributed by atoms with Crippen molar-refractivity contribution in [2.75, 3.05) is 0 Å². The molecule has 2 aliphatic rings. The summed E-state index contributed by atoms with van der Waals surface area (Å²) in [6.07, 6.45) is 3.61. The number of rotatable bonds is 3. The molecule has 2 aliphatic carbocycles. The highest BCUT2D eigenvalue weighted by molar-refractivity contribution is 6.31. The lowest BCUT2D eigenvalue weighted by molar-refractivity contribution is -0.122. The number of hydrogen-bond donors (Lipinski definition) is 1. The Hall–Kier alpha value is -1.02. The Morgan fingerprint density at radius 2 is 2.29 bits per heavy atom. The molecule has 1 atom stereocenters. The predicted octanol–water partition coefficient (Wildman–Crippen LogP) is 3.06. The lowest BCUT2D eigenvalue weighted by Gasteiger charge is -2.09. The monoisotopic (exact) mass is 249 g/mol. The van der Waals surface area contributed by atoms with Crippen molar-refractivity contribution in [2.24, 2.45) is 11.3 Å². The minimum Gasteiger partial charge on any atom is -0.352 e. The van der Waals surface area contributed by atoms with Crippen LogP contribution in [0.5, 0.6) is 0 Å². The molecule has 3 heteroatoms. The van der Waals surface area contributed by atoms with Gasteiger partial charge in [0.15, 0.2) is 0 Å².